The first-order valence-electron chi connectivity index (χ1n) is 8.55. The first-order valence-corrected chi connectivity index (χ1v) is 9.43. The highest BCUT2D eigenvalue weighted by atomic mass is 32.1. The minimum atomic E-state index is 0.554. The average molecular weight is 308 g/mol. The van der Waals surface area contributed by atoms with Crippen LogP contribution in [-0.4, -0.2) is 24.1 Å². The summed E-state index contributed by atoms with van der Waals surface area (Å²) < 4.78 is 0. The molecule has 2 N–H and O–H groups in total. The SMILES string of the molecule is CC(C)c1nc(CNC2CCC3(CCNCC3)CC2)cs1. The Morgan fingerprint density at radius 2 is 2.00 bits per heavy atom. The Bertz CT molecular complexity index is 439. The van der Waals surface area contributed by atoms with Gasteiger partial charge in [-0.3, -0.25) is 0 Å². The Balaban J connectivity index is 1.44. The summed E-state index contributed by atoms with van der Waals surface area (Å²) in [4.78, 5) is 4.73. The number of thiazole rings is 1. The van der Waals surface area contributed by atoms with Crippen LogP contribution in [0.5, 0.6) is 0 Å². The number of hydrogen-bond donors (Lipinski definition) is 2. The maximum Gasteiger partial charge on any atom is 0.0954 e. The van der Waals surface area contributed by atoms with Gasteiger partial charge >= 0.3 is 0 Å². The molecule has 1 aliphatic heterocycles. The Hall–Kier alpha value is -0.450. The molecule has 3 rings (SSSR count). The lowest BCUT2D eigenvalue weighted by Crippen LogP contribution is -2.43. The highest BCUT2D eigenvalue weighted by Crippen LogP contribution is 2.43. The third kappa shape index (κ3) is 3.85. The van der Waals surface area contributed by atoms with Crippen LogP contribution in [0.4, 0.5) is 0 Å². The fourth-order valence-corrected chi connectivity index (χ4v) is 4.64. The molecule has 0 amide bonds. The number of hydrogen-bond acceptors (Lipinski definition) is 4. The van der Waals surface area contributed by atoms with E-state index >= 15 is 0 Å². The van der Waals surface area contributed by atoms with E-state index in [1.165, 1.54) is 62.3 Å². The van der Waals surface area contributed by atoms with Crippen molar-refractivity contribution in [2.75, 3.05) is 13.1 Å². The van der Waals surface area contributed by atoms with Gasteiger partial charge in [0.1, 0.15) is 0 Å². The second kappa shape index (κ2) is 6.76. The van der Waals surface area contributed by atoms with Gasteiger partial charge in [-0.1, -0.05) is 13.8 Å². The van der Waals surface area contributed by atoms with Crippen molar-refractivity contribution >= 4 is 11.3 Å². The quantitative estimate of drug-likeness (QED) is 0.891. The second-order valence-electron chi connectivity index (χ2n) is 7.24. The van der Waals surface area contributed by atoms with Gasteiger partial charge in [-0.15, -0.1) is 11.3 Å². The van der Waals surface area contributed by atoms with Gasteiger partial charge in [0, 0.05) is 23.9 Å². The molecule has 1 aromatic rings. The summed E-state index contributed by atoms with van der Waals surface area (Å²) in [5.41, 5.74) is 1.90. The van der Waals surface area contributed by atoms with E-state index < -0.39 is 0 Å². The minimum absolute atomic E-state index is 0.554. The monoisotopic (exact) mass is 307 g/mol. The maximum atomic E-state index is 4.73. The standard InChI is InChI=1S/C17H29N3S/c1-13(2)16-20-15(12-21-16)11-19-14-3-5-17(6-4-14)7-9-18-10-8-17/h12-14,18-19H,3-11H2,1-2H3. The van der Waals surface area contributed by atoms with E-state index in [4.69, 9.17) is 4.98 Å². The maximum absolute atomic E-state index is 4.73. The third-order valence-corrected chi connectivity index (χ3v) is 6.54. The predicted molar refractivity (Wildman–Crippen MR) is 89.8 cm³/mol. The Morgan fingerprint density at radius 3 is 2.62 bits per heavy atom. The average Bonchev–Trinajstić information content (AvgIpc) is 2.97. The molecule has 2 heterocycles. The number of aromatic nitrogens is 1. The fraction of sp³-hybridized carbons (Fsp3) is 0.824. The van der Waals surface area contributed by atoms with Crippen molar-refractivity contribution in [1.29, 1.82) is 0 Å². The molecule has 0 bridgehead atoms. The lowest BCUT2D eigenvalue weighted by Gasteiger charge is -2.43. The molecule has 21 heavy (non-hydrogen) atoms. The summed E-state index contributed by atoms with van der Waals surface area (Å²) in [5, 5.41) is 10.7. The molecule has 118 valence electrons. The molecule has 0 aromatic carbocycles. The molecule has 3 nitrogen and oxygen atoms in total. The first-order chi connectivity index (χ1) is 10.2. The lowest BCUT2D eigenvalue weighted by molar-refractivity contribution is 0.115. The Kier molecular flexibility index (Phi) is 4.97. The van der Waals surface area contributed by atoms with Crippen molar-refractivity contribution in [3.05, 3.63) is 16.1 Å². The minimum Gasteiger partial charge on any atom is -0.317 e. The summed E-state index contributed by atoms with van der Waals surface area (Å²) in [6, 6.07) is 0.703. The summed E-state index contributed by atoms with van der Waals surface area (Å²) in [7, 11) is 0. The van der Waals surface area contributed by atoms with Crippen LogP contribution in [0.25, 0.3) is 0 Å². The zero-order valence-electron chi connectivity index (χ0n) is 13.5. The van der Waals surface area contributed by atoms with Crippen LogP contribution in [0.3, 0.4) is 0 Å². The van der Waals surface area contributed by atoms with Crippen LogP contribution >= 0.6 is 11.3 Å². The second-order valence-corrected chi connectivity index (χ2v) is 8.13. The van der Waals surface area contributed by atoms with Crippen molar-refractivity contribution < 1.29 is 0 Å². The molecule has 1 saturated carbocycles. The van der Waals surface area contributed by atoms with Gasteiger partial charge in [-0.2, -0.15) is 0 Å². The fourth-order valence-electron chi connectivity index (χ4n) is 3.81. The molecule has 1 aromatic heterocycles. The van der Waals surface area contributed by atoms with Gasteiger partial charge in [0.15, 0.2) is 0 Å². The molecule has 0 atom stereocenters. The third-order valence-electron chi connectivity index (χ3n) is 5.35. The summed E-state index contributed by atoms with van der Waals surface area (Å²) in [5.74, 6) is 0.554. The molecule has 1 spiro atoms. The van der Waals surface area contributed by atoms with E-state index in [2.05, 4.69) is 29.9 Å². The summed E-state index contributed by atoms with van der Waals surface area (Å²) in [6.07, 6.45) is 8.32. The van der Waals surface area contributed by atoms with E-state index in [1.54, 1.807) is 11.3 Å². The highest BCUT2D eigenvalue weighted by Gasteiger charge is 2.35. The van der Waals surface area contributed by atoms with Crippen molar-refractivity contribution in [3.63, 3.8) is 0 Å². The molecule has 1 aliphatic carbocycles. The van der Waals surface area contributed by atoms with Gasteiger partial charge < -0.3 is 10.6 Å². The van der Waals surface area contributed by atoms with Gasteiger partial charge in [-0.05, 0) is 57.0 Å². The Labute approximate surface area is 132 Å². The first kappa shape index (κ1) is 15.4. The molecule has 0 unspecified atom stereocenters. The van der Waals surface area contributed by atoms with Crippen LogP contribution < -0.4 is 10.6 Å². The van der Waals surface area contributed by atoms with Gasteiger partial charge in [0.25, 0.3) is 0 Å². The van der Waals surface area contributed by atoms with E-state index in [1.807, 2.05) is 0 Å². The number of nitrogens with one attached hydrogen (secondary N) is 2. The topological polar surface area (TPSA) is 37.0 Å². The normalized spacial score (nSPS) is 23.0. The van der Waals surface area contributed by atoms with Gasteiger partial charge in [-0.25, -0.2) is 4.98 Å². The van der Waals surface area contributed by atoms with Crippen molar-refractivity contribution in [3.8, 4) is 0 Å². The zero-order valence-corrected chi connectivity index (χ0v) is 14.3. The van der Waals surface area contributed by atoms with Crippen molar-refractivity contribution in [2.24, 2.45) is 5.41 Å². The molecular weight excluding hydrogens is 278 g/mol. The summed E-state index contributed by atoms with van der Waals surface area (Å²) in [6.45, 7) is 7.84. The molecule has 4 heteroatoms. The highest BCUT2D eigenvalue weighted by molar-refractivity contribution is 7.09. The van der Waals surface area contributed by atoms with Crippen molar-refractivity contribution in [1.82, 2.24) is 15.6 Å². The molecular formula is C17H29N3S. The lowest BCUT2D eigenvalue weighted by atomic mass is 9.67. The number of rotatable bonds is 4. The Morgan fingerprint density at radius 1 is 1.29 bits per heavy atom. The van der Waals surface area contributed by atoms with Crippen LogP contribution in [0.1, 0.15) is 69.0 Å². The molecule has 2 fully saturated rings. The van der Waals surface area contributed by atoms with E-state index in [0.717, 1.165) is 6.54 Å². The van der Waals surface area contributed by atoms with E-state index in [-0.39, 0.29) is 0 Å². The van der Waals surface area contributed by atoms with Gasteiger partial charge in [0.05, 0.1) is 10.7 Å². The van der Waals surface area contributed by atoms with Crippen LogP contribution in [0, 0.1) is 5.41 Å². The number of piperidine rings is 1. The van der Waals surface area contributed by atoms with E-state index in [0.29, 0.717) is 17.4 Å². The summed E-state index contributed by atoms with van der Waals surface area (Å²) >= 11 is 1.80. The smallest absolute Gasteiger partial charge is 0.0954 e. The zero-order chi connectivity index (χ0) is 14.7. The van der Waals surface area contributed by atoms with Crippen LogP contribution in [0.15, 0.2) is 5.38 Å². The molecule has 2 aliphatic rings. The van der Waals surface area contributed by atoms with Crippen LogP contribution in [-0.2, 0) is 6.54 Å². The molecule has 0 radical (unpaired) electrons. The predicted octanol–water partition coefficient (Wildman–Crippen LogP) is 3.67. The largest absolute Gasteiger partial charge is 0.317 e. The van der Waals surface area contributed by atoms with E-state index in [9.17, 15) is 0 Å². The van der Waals surface area contributed by atoms with Gasteiger partial charge in [0.2, 0.25) is 0 Å². The number of nitrogens with zero attached hydrogens (tertiary/aromatic N) is 1. The molecule has 1 saturated heterocycles. The van der Waals surface area contributed by atoms with Crippen LogP contribution in [0.2, 0.25) is 0 Å². The van der Waals surface area contributed by atoms with Crippen molar-refractivity contribution in [2.45, 2.75) is 70.9 Å².